The Bertz CT molecular complexity index is 370. The van der Waals surface area contributed by atoms with Crippen molar-refractivity contribution in [2.45, 2.75) is 45.3 Å². The van der Waals surface area contributed by atoms with E-state index in [4.69, 9.17) is 14.6 Å². The molecular formula is C16H30N2O4. The molecule has 2 fully saturated rings. The third-order valence-corrected chi connectivity index (χ3v) is 4.18. The van der Waals surface area contributed by atoms with Gasteiger partial charge in [0.15, 0.2) is 0 Å². The monoisotopic (exact) mass is 314 g/mol. The maximum atomic E-state index is 12.0. The van der Waals surface area contributed by atoms with Gasteiger partial charge in [0, 0.05) is 38.2 Å². The largest absolute Gasteiger partial charge is 0.444 e. The molecular weight excluding hydrogens is 284 g/mol. The van der Waals surface area contributed by atoms with Crippen LogP contribution >= 0.6 is 0 Å². The van der Waals surface area contributed by atoms with Crippen LogP contribution in [0.3, 0.4) is 0 Å². The van der Waals surface area contributed by atoms with E-state index in [1.54, 1.807) is 4.90 Å². The van der Waals surface area contributed by atoms with E-state index in [1.807, 2.05) is 20.8 Å². The van der Waals surface area contributed by atoms with Crippen LogP contribution in [0.5, 0.6) is 0 Å². The van der Waals surface area contributed by atoms with E-state index in [2.05, 4.69) is 5.32 Å². The zero-order valence-electron chi connectivity index (χ0n) is 14.0. The molecule has 1 unspecified atom stereocenters. The van der Waals surface area contributed by atoms with Crippen molar-refractivity contribution in [1.29, 1.82) is 0 Å². The zero-order valence-corrected chi connectivity index (χ0v) is 14.0. The summed E-state index contributed by atoms with van der Waals surface area (Å²) < 4.78 is 11.2. The second-order valence-electron chi connectivity index (χ2n) is 7.51. The highest BCUT2D eigenvalue weighted by Crippen LogP contribution is 2.20. The van der Waals surface area contributed by atoms with Crippen LogP contribution in [0, 0.1) is 11.8 Å². The van der Waals surface area contributed by atoms with Gasteiger partial charge in [0.25, 0.3) is 0 Å². The van der Waals surface area contributed by atoms with Crippen molar-refractivity contribution in [2.75, 3.05) is 39.5 Å². The van der Waals surface area contributed by atoms with Crippen molar-refractivity contribution in [3.8, 4) is 0 Å². The van der Waals surface area contributed by atoms with Crippen LogP contribution in [0.4, 0.5) is 4.79 Å². The number of amides is 1. The number of rotatable bonds is 5. The molecule has 2 aliphatic rings. The number of aliphatic hydroxyl groups is 1. The molecule has 2 heterocycles. The fraction of sp³-hybridized carbons (Fsp3) is 0.938. The molecule has 0 radical (unpaired) electrons. The van der Waals surface area contributed by atoms with Crippen LogP contribution in [-0.4, -0.2) is 67.2 Å². The normalized spacial score (nSPS) is 29.1. The summed E-state index contributed by atoms with van der Waals surface area (Å²) in [6.45, 7) is 9.60. The molecule has 0 aliphatic carbocycles. The maximum Gasteiger partial charge on any atom is 0.410 e. The molecule has 128 valence electrons. The third-order valence-electron chi connectivity index (χ3n) is 4.18. The molecule has 0 aromatic carbocycles. The molecule has 0 saturated carbocycles. The van der Waals surface area contributed by atoms with Crippen LogP contribution in [0.15, 0.2) is 0 Å². The van der Waals surface area contributed by atoms with E-state index in [9.17, 15) is 4.79 Å². The summed E-state index contributed by atoms with van der Waals surface area (Å²) in [5.74, 6) is 0.755. The molecule has 1 amide bonds. The summed E-state index contributed by atoms with van der Waals surface area (Å²) in [6.07, 6.45) is 1.72. The van der Waals surface area contributed by atoms with Crippen molar-refractivity contribution >= 4 is 6.09 Å². The fourth-order valence-electron chi connectivity index (χ4n) is 3.01. The van der Waals surface area contributed by atoms with E-state index >= 15 is 0 Å². The van der Waals surface area contributed by atoms with Crippen molar-refractivity contribution in [1.82, 2.24) is 10.2 Å². The summed E-state index contributed by atoms with van der Waals surface area (Å²) in [7, 11) is 0. The van der Waals surface area contributed by atoms with Crippen molar-refractivity contribution in [3.05, 3.63) is 0 Å². The Morgan fingerprint density at radius 2 is 2.09 bits per heavy atom. The number of carbonyl (C=O) groups is 1. The van der Waals surface area contributed by atoms with E-state index < -0.39 is 5.60 Å². The maximum absolute atomic E-state index is 12.0. The molecule has 2 aliphatic heterocycles. The lowest BCUT2D eigenvalue weighted by molar-refractivity contribution is 0.0271. The number of likely N-dealkylation sites (tertiary alicyclic amines) is 1. The van der Waals surface area contributed by atoms with Gasteiger partial charge in [-0.2, -0.15) is 0 Å². The predicted octanol–water partition coefficient (Wildman–Crippen LogP) is 1.23. The van der Waals surface area contributed by atoms with E-state index in [-0.39, 0.29) is 12.7 Å². The molecule has 2 N–H and O–H groups in total. The Morgan fingerprint density at radius 1 is 1.32 bits per heavy atom. The Balaban J connectivity index is 1.61. The lowest BCUT2D eigenvalue weighted by atomic mass is 10.1. The molecule has 0 spiro atoms. The molecule has 0 aromatic heterocycles. The highest BCUT2D eigenvalue weighted by molar-refractivity contribution is 5.68. The van der Waals surface area contributed by atoms with Crippen LogP contribution in [0.2, 0.25) is 0 Å². The van der Waals surface area contributed by atoms with E-state index in [0.717, 1.165) is 25.9 Å². The number of hydrogen-bond acceptors (Lipinski definition) is 5. The highest BCUT2D eigenvalue weighted by atomic mass is 16.6. The van der Waals surface area contributed by atoms with Gasteiger partial charge in [-0.3, -0.25) is 0 Å². The van der Waals surface area contributed by atoms with Crippen molar-refractivity contribution < 1.29 is 19.4 Å². The van der Waals surface area contributed by atoms with E-state index in [1.165, 1.54) is 0 Å². The topological polar surface area (TPSA) is 71.0 Å². The highest BCUT2D eigenvalue weighted by Gasteiger charge is 2.30. The first-order valence-corrected chi connectivity index (χ1v) is 8.27. The second-order valence-corrected chi connectivity index (χ2v) is 7.51. The minimum Gasteiger partial charge on any atom is -0.444 e. The smallest absolute Gasteiger partial charge is 0.410 e. The molecule has 6 heteroatoms. The summed E-state index contributed by atoms with van der Waals surface area (Å²) in [5.41, 5.74) is -0.441. The van der Waals surface area contributed by atoms with E-state index in [0.29, 0.717) is 37.6 Å². The van der Waals surface area contributed by atoms with Crippen LogP contribution < -0.4 is 5.32 Å². The van der Waals surface area contributed by atoms with Gasteiger partial charge in [0.2, 0.25) is 0 Å². The average Bonchev–Trinajstić information content (AvgIpc) is 3.05. The Labute approximate surface area is 133 Å². The Kier molecular flexibility index (Phi) is 6.06. The number of aliphatic hydroxyl groups excluding tert-OH is 1. The standard InChI is InChI=1S/C16H30N2O4/c1-16(2,3)22-15(20)18-5-4-12(8-18)10-21-11-14-6-13(9-19)7-17-14/h12-14,17,19H,4-11H2,1-3H3/t12-,13-,14?/m0/s1. The number of hydrogen-bond donors (Lipinski definition) is 2. The molecule has 2 saturated heterocycles. The molecule has 0 aromatic rings. The van der Waals surface area contributed by atoms with Gasteiger partial charge >= 0.3 is 6.09 Å². The van der Waals surface area contributed by atoms with Crippen LogP contribution in [0.1, 0.15) is 33.6 Å². The summed E-state index contributed by atoms with van der Waals surface area (Å²) in [5, 5.41) is 12.5. The molecule has 3 atom stereocenters. The summed E-state index contributed by atoms with van der Waals surface area (Å²) >= 11 is 0. The molecule has 6 nitrogen and oxygen atoms in total. The molecule has 0 bridgehead atoms. The van der Waals surface area contributed by atoms with Gasteiger partial charge in [-0.15, -0.1) is 0 Å². The number of carbonyl (C=O) groups excluding carboxylic acids is 1. The quantitative estimate of drug-likeness (QED) is 0.799. The van der Waals surface area contributed by atoms with Gasteiger partial charge in [0.1, 0.15) is 5.60 Å². The van der Waals surface area contributed by atoms with Gasteiger partial charge < -0.3 is 24.8 Å². The Hall–Kier alpha value is -0.850. The van der Waals surface area contributed by atoms with Crippen LogP contribution in [0.25, 0.3) is 0 Å². The third kappa shape index (κ3) is 5.41. The van der Waals surface area contributed by atoms with Gasteiger partial charge in [0.05, 0.1) is 13.2 Å². The van der Waals surface area contributed by atoms with Crippen molar-refractivity contribution in [2.24, 2.45) is 11.8 Å². The molecule has 2 rings (SSSR count). The van der Waals surface area contributed by atoms with Gasteiger partial charge in [-0.05, 0) is 39.5 Å². The number of ether oxygens (including phenoxy) is 2. The predicted molar refractivity (Wildman–Crippen MR) is 83.7 cm³/mol. The fourth-order valence-corrected chi connectivity index (χ4v) is 3.01. The van der Waals surface area contributed by atoms with Gasteiger partial charge in [-0.1, -0.05) is 0 Å². The lowest BCUT2D eigenvalue weighted by Gasteiger charge is -2.24. The Morgan fingerprint density at radius 3 is 2.73 bits per heavy atom. The second kappa shape index (κ2) is 7.62. The summed E-state index contributed by atoms with van der Waals surface area (Å²) in [4.78, 5) is 13.8. The summed E-state index contributed by atoms with van der Waals surface area (Å²) in [6, 6.07) is 0.348. The van der Waals surface area contributed by atoms with Crippen molar-refractivity contribution in [3.63, 3.8) is 0 Å². The first-order chi connectivity index (χ1) is 10.4. The lowest BCUT2D eigenvalue weighted by Crippen LogP contribution is -2.35. The first kappa shape index (κ1) is 17.5. The molecule has 22 heavy (non-hydrogen) atoms. The number of nitrogens with zero attached hydrogens (tertiary/aromatic N) is 1. The zero-order chi connectivity index (χ0) is 16.2. The minimum atomic E-state index is -0.441. The SMILES string of the molecule is CC(C)(C)OC(=O)N1CC[C@H](COCC2C[C@H](CO)CN2)C1. The van der Waals surface area contributed by atoms with Crippen LogP contribution in [-0.2, 0) is 9.47 Å². The number of nitrogens with one attached hydrogen (secondary N) is 1. The average molecular weight is 314 g/mol. The minimum absolute atomic E-state index is 0.224. The van der Waals surface area contributed by atoms with Gasteiger partial charge in [-0.25, -0.2) is 4.79 Å². The first-order valence-electron chi connectivity index (χ1n) is 8.27.